The maximum absolute atomic E-state index is 4.93. The monoisotopic (exact) mass is 199 g/mol. The van der Waals surface area contributed by atoms with E-state index in [0.717, 1.165) is 0 Å². The average Bonchev–Trinajstić information content (AvgIpc) is 0.811. The average molecular weight is 199 g/mol. The normalized spacial score (nSPS) is 7.20. The topological polar surface area (TPSA) is 0 Å². The Morgan fingerprint density at radius 1 is 1.40 bits per heavy atom. The zero-order valence-corrected chi connectivity index (χ0v) is 5.64. The summed E-state index contributed by atoms with van der Waals surface area (Å²) < 4.78 is 0. The molecule has 0 aromatic carbocycles. The van der Waals surface area contributed by atoms with Crippen LogP contribution in [0.25, 0.3) is 0 Å². The Bertz CT molecular complexity index is 12.4. The van der Waals surface area contributed by atoms with Crippen LogP contribution in [0.3, 0.4) is 0 Å². The molecule has 0 aromatic rings. The molecule has 0 aliphatic rings. The third-order valence-corrected chi connectivity index (χ3v) is 0. The predicted molar refractivity (Wildman–Crippen MR) is 20.9 cm³/mol. The van der Waals surface area contributed by atoms with E-state index in [9.17, 15) is 0 Å². The molecule has 1 radical (unpaired) electrons. The van der Waals surface area contributed by atoms with E-state index in [4.69, 9.17) is 23.2 Å². The van der Waals surface area contributed by atoms with Crippen molar-refractivity contribution in [2.45, 2.75) is 4.84 Å². The maximum Gasteiger partial charge on any atom is 1.00 e. The van der Waals surface area contributed by atoms with Crippen LogP contribution in [0.4, 0.5) is 0 Å². The van der Waals surface area contributed by atoms with Crippen LogP contribution in [0.2, 0.25) is 0 Å². The van der Waals surface area contributed by atoms with E-state index in [1.807, 2.05) is 0 Å². The van der Waals surface area contributed by atoms with Gasteiger partial charge in [0.15, 0.2) is 0 Å². The number of hydrogen-bond acceptors (Lipinski definition) is 0. The van der Waals surface area contributed by atoms with Crippen molar-refractivity contribution in [3.63, 3.8) is 0 Å². The van der Waals surface area contributed by atoms with Gasteiger partial charge >= 0.3 is 19.5 Å². The van der Waals surface area contributed by atoms with Crippen molar-refractivity contribution in [2.75, 3.05) is 0 Å². The van der Waals surface area contributed by atoms with Crippen LogP contribution >= 0.6 is 23.2 Å². The molecule has 0 nitrogen and oxygen atoms in total. The summed E-state index contributed by atoms with van der Waals surface area (Å²) in [5.41, 5.74) is 0. The predicted octanol–water partition coefficient (Wildman–Crippen LogP) is 1.62. The van der Waals surface area contributed by atoms with Gasteiger partial charge < -0.3 is 6.92 Å². The van der Waals surface area contributed by atoms with Crippen LogP contribution in [0.5, 0.6) is 0 Å². The summed E-state index contributed by atoms with van der Waals surface area (Å²) in [4.78, 5) is -0.472. The molecule has 0 aliphatic carbocycles. The minimum atomic E-state index is -0.472. The van der Waals surface area contributed by atoms with Gasteiger partial charge in [0.2, 0.25) is 0 Å². The molecule has 0 bridgehead atoms. The molecule has 0 fully saturated rings. The third kappa shape index (κ3) is 36.9. The molecule has 33 valence electrons. The number of rotatable bonds is 0. The first kappa shape index (κ1) is 9.51. The fourth-order valence-electron chi connectivity index (χ4n) is 0. The summed E-state index contributed by atoms with van der Waals surface area (Å²) in [5, 5.41) is 0. The summed E-state index contributed by atoms with van der Waals surface area (Å²) in [7, 11) is 0. The van der Waals surface area contributed by atoms with E-state index in [1.54, 1.807) is 0 Å². The Balaban J connectivity index is 0. The zero-order valence-electron chi connectivity index (χ0n) is 2.39. The van der Waals surface area contributed by atoms with E-state index in [0.29, 0.717) is 0 Å². The molecule has 0 rings (SSSR count). The van der Waals surface area contributed by atoms with Crippen molar-refractivity contribution < 1.29 is 19.5 Å². The van der Waals surface area contributed by atoms with Gasteiger partial charge in [0, 0.05) is 0 Å². The molecule has 0 unspecified atom stereocenters. The molecule has 0 aliphatic heterocycles. The molecule has 0 atom stereocenters. The molecule has 0 saturated carbocycles. The summed E-state index contributed by atoms with van der Waals surface area (Å²) >= 11 is 9.86. The number of hydrogen-bond donors (Lipinski definition) is 0. The van der Waals surface area contributed by atoms with Crippen molar-refractivity contribution in [3.05, 3.63) is 6.92 Å². The summed E-state index contributed by atoms with van der Waals surface area (Å²) in [5.74, 6) is 0. The second-order valence-electron chi connectivity index (χ2n) is 0.391. The van der Waals surface area contributed by atoms with E-state index in [1.165, 1.54) is 0 Å². The fourth-order valence-corrected chi connectivity index (χ4v) is 0. The Labute approximate surface area is 54.6 Å². The van der Waals surface area contributed by atoms with Crippen LogP contribution in [-0.2, 0) is 19.5 Å². The first-order valence-electron chi connectivity index (χ1n) is 0.845. The van der Waals surface area contributed by atoms with E-state index >= 15 is 0 Å². The van der Waals surface area contributed by atoms with Gasteiger partial charge in [-0.3, -0.25) is 0 Å². The summed E-state index contributed by atoms with van der Waals surface area (Å²) in [6, 6.07) is 0. The minimum absolute atomic E-state index is 0. The largest absolute Gasteiger partial charge is 1.00 e. The number of halogens is 2. The van der Waals surface area contributed by atoms with Gasteiger partial charge in [-0.2, -0.15) is 0 Å². The van der Waals surface area contributed by atoms with Gasteiger partial charge in [0.1, 0.15) is 0 Å². The first-order valence-corrected chi connectivity index (χ1v) is 1.72. The van der Waals surface area contributed by atoms with Gasteiger partial charge in [-0.05, 0) is 4.84 Å². The minimum Gasteiger partial charge on any atom is -0.311 e. The molecular formula is C2H3Cl2Ru. The van der Waals surface area contributed by atoms with E-state index in [2.05, 4.69) is 6.92 Å². The second kappa shape index (κ2) is 5.20. The van der Waals surface area contributed by atoms with E-state index in [-0.39, 0.29) is 19.5 Å². The van der Waals surface area contributed by atoms with Gasteiger partial charge in [-0.25, -0.2) is 0 Å². The molecule has 0 N–H and O–H groups in total. The summed E-state index contributed by atoms with van der Waals surface area (Å²) in [6.07, 6.45) is 0. The maximum atomic E-state index is 4.93. The van der Waals surface area contributed by atoms with Crippen molar-refractivity contribution in [1.29, 1.82) is 0 Å². The smallest absolute Gasteiger partial charge is 0.311 e. The fraction of sp³-hybridized carbons (Fsp3) is 0.500. The van der Waals surface area contributed by atoms with Crippen LogP contribution in [0.15, 0.2) is 0 Å². The molecule has 0 saturated heterocycles. The van der Waals surface area contributed by atoms with Crippen molar-refractivity contribution in [1.82, 2.24) is 0 Å². The van der Waals surface area contributed by atoms with Crippen LogP contribution in [-0.4, -0.2) is 4.84 Å². The molecule has 0 aromatic heterocycles. The Kier molecular flexibility index (Phi) is 9.89. The van der Waals surface area contributed by atoms with Crippen molar-refractivity contribution >= 4 is 23.2 Å². The van der Waals surface area contributed by atoms with Crippen LogP contribution in [0, 0.1) is 6.92 Å². The van der Waals surface area contributed by atoms with Crippen molar-refractivity contribution in [3.8, 4) is 0 Å². The van der Waals surface area contributed by atoms with Gasteiger partial charge in [0.05, 0.1) is 0 Å². The van der Waals surface area contributed by atoms with Gasteiger partial charge in [-0.1, -0.05) is 0 Å². The van der Waals surface area contributed by atoms with Crippen LogP contribution in [0.1, 0.15) is 0 Å². The van der Waals surface area contributed by atoms with E-state index < -0.39 is 4.84 Å². The molecule has 0 heterocycles. The Morgan fingerprint density at radius 2 is 1.40 bits per heavy atom. The standard InChI is InChI=1S/C2H3Cl2.Ru/c1-2(3)4;/h2H,1H2;/q-1;+1. The Hall–Kier alpha value is 1.20. The molecule has 5 heavy (non-hydrogen) atoms. The third-order valence-electron chi connectivity index (χ3n) is 0. The molecular weight excluding hydrogens is 196 g/mol. The second-order valence-corrected chi connectivity index (χ2v) is 1.67. The zero-order chi connectivity index (χ0) is 3.58. The molecule has 3 heteroatoms. The quantitative estimate of drug-likeness (QED) is 0.316. The summed E-state index contributed by atoms with van der Waals surface area (Å²) in [6.45, 7) is 3.17. The Morgan fingerprint density at radius 3 is 1.40 bits per heavy atom. The first-order chi connectivity index (χ1) is 1.73. The number of alkyl halides is 2. The molecule has 0 amide bonds. The van der Waals surface area contributed by atoms with Gasteiger partial charge in [0.25, 0.3) is 0 Å². The van der Waals surface area contributed by atoms with Crippen LogP contribution < -0.4 is 0 Å². The van der Waals surface area contributed by atoms with Crippen molar-refractivity contribution in [2.24, 2.45) is 0 Å². The SMILES string of the molecule is [CH2-]C(Cl)Cl.[Ru+]. The molecule has 0 spiro atoms. The van der Waals surface area contributed by atoms with Gasteiger partial charge in [-0.15, -0.1) is 23.2 Å².